The maximum Gasteiger partial charge on any atom is 0.219 e. The third kappa shape index (κ3) is 2.24. The van der Waals surface area contributed by atoms with Crippen LogP contribution in [0.1, 0.15) is 49.3 Å². The molecule has 0 radical (unpaired) electrons. The lowest BCUT2D eigenvalue weighted by Gasteiger charge is -2.31. The van der Waals surface area contributed by atoms with Crippen LogP contribution in [-0.4, -0.2) is 43.0 Å². The van der Waals surface area contributed by atoms with Gasteiger partial charge in [0.2, 0.25) is 11.8 Å². The van der Waals surface area contributed by atoms with Gasteiger partial charge in [0.25, 0.3) is 0 Å². The Morgan fingerprint density at radius 3 is 2.42 bits per heavy atom. The summed E-state index contributed by atoms with van der Waals surface area (Å²) in [6, 6.07) is 0. The quantitative estimate of drug-likeness (QED) is 0.728. The maximum atomic E-state index is 5.88. The molecule has 0 bridgehead atoms. The topological polar surface area (TPSA) is 85.8 Å². The predicted molar refractivity (Wildman–Crippen MR) is 86.8 cm³/mol. The first kappa shape index (κ1) is 13.9. The molecule has 1 saturated heterocycles. The highest BCUT2D eigenvalue weighted by molar-refractivity contribution is 5.86. The summed E-state index contributed by atoms with van der Waals surface area (Å²) in [7, 11) is 1.90. The molecule has 8 nitrogen and oxygen atoms in total. The van der Waals surface area contributed by atoms with Crippen LogP contribution < -0.4 is 4.90 Å². The smallest absolute Gasteiger partial charge is 0.219 e. The van der Waals surface area contributed by atoms with Crippen LogP contribution in [-0.2, 0) is 7.05 Å². The van der Waals surface area contributed by atoms with Gasteiger partial charge in [0.05, 0.1) is 11.6 Å². The Morgan fingerprint density at radius 2 is 1.71 bits per heavy atom. The van der Waals surface area contributed by atoms with Gasteiger partial charge in [-0.15, -0.1) is 10.2 Å². The first-order valence-electron chi connectivity index (χ1n) is 8.50. The average Bonchev–Trinajstić information content (AvgIpc) is 3.24. The zero-order chi connectivity index (χ0) is 16.1. The molecule has 1 saturated carbocycles. The van der Waals surface area contributed by atoms with E-state index >= 15 is 0 Å². The van der Waals surface area contributed by atoms with Crippen LogP contribution in [0.25, 0.3) is 11.0 Å². The number of anilines is 1. The Hall–Kier alpha value is -2.51. The molecular formula is C16H19N7O. The molecule has 4 heterocycles. The summed E-state index contributed by atoms with van der Waals surface area (Å²) in [4.78, 5) is 11.1. The monoisotopic (exact) mass is 325 g/mol. The minimum atomic E-state index is 0.354. The second-order valence-electron chi connectivity index (χ2n) is 6.72. The lowest BCUT2D eigenvalue weighted by molar-refractivity contribution is 0.375. The van der Waals surface area contributed by atoms with Crippen molar-refractivity contribution < 1.29 is 4.42 Å². The van der Waals surface area contributed by atoms with Crippen LogP contribution in [0, 0.1) is 0 Å². The number of fused-ring (bicyclic) bond motifs is 1. The number of hydrogen-bond acceptors (Lipinski definition) is 7. The van der Waals surface area contributed by atoms with Gasteiger partial charge < -0.3 is 9.32 Å². The number of aryl methyl sites for hydroxylation is 1. The normalized spacial score (nSPS) is 19.3. The van der Waals surface area contributed by atoms with Gasteiger partial charge in [0.1, 0.15) is 12.1 Å². The number of nitrogens with zero attached hydrogens (tertiary/aromatic N) is 7. The molecule has 0 N–H and O–H groups in total. The highest BCUT2D eigenvalue weighted by atomic mass is 16.4. The summed E-state index contributed by atoms with van der Waals surface area (Å²) in [5, 5.41) is 13.8. The van der Waals surface area contributed by atoms with Gasteiger partial charge >= 0.3 is 0 Å². The molecule has 124 valence electrons. The van der Waals surface area contributed by atoms with Crippen molar-refractivity contribution in [3.05, 3.63) is 24.3 Å². The Balaban J connectivity index is 1.33. The van der Waals surface area contributed by atoms with Gasteiger partial charge in [-0.1, -0.05) is 0 Å². The van der Waals surface area contributed by atoms with Crippen molar-refractivity contribution in [3.63, 3.8) is 0 Å². The highest BCUT2D eigenvalue weighted by Crippen LogP contribution is 2.40. The molecule has 0 unspecified atom stereocenters. The van der Waals surface area contributed by atoms with Gasteiger partial charge in [-0.2, -0.15) is 5.10 Å². The molecule has 0 spiro atoms. The molecule has 3 aromatic heterocycles. The summed E-state index contributed by atoms with van der Waals surface area (Å²) < 4.78 is 7.66. The number of hydrogen-bond donors (Lipinski definition) is 0. The Bertz CT molecular complexity index is 874. The van der Waals surface area contributed by atoms with E-state index in [1.165, 1.54) is 12.8 Å². The average molecular weight is 325 g/mol. The molecule has 2 fully saturated rings. The Kier molecular flexibility index (Phi) is 3.04. The lowest BCUT2D eigenvalue weighted by atomic mass is 9.97. The molecule has 3 aromatic rings. The van der Waals surface area contributed by atoms with Crippen molar-refractivity contribution in [2.45, 2.75) is 37.5 Å². The second kappa shape index (κ2) is 5.25. The molecule has 8 heteroatoms. The zero-order valence-corrected chi connectivity index (χ0v) is 13.6. The molecule has 1 aliphatic heterocycles. The zero-order valence-electron chi connectivity index (χ0n) is 13.6. The van der Waals surface area contributed by atoms with Crippen molar-refractivity contribution in [1.29, 1.82) is 0 Å². The van der Waals surface area contributed by atoms with E-state index in [1.54, 1.807) is 11.0 Å². The van der Waals surface area contributed by atoms with E-state index in [-0.39, 0.29) is 0 Å². The highest BCUT2D eigenvalue weighted by Gasteiger charge is 2.32. The molecule has 2 aliphatic rings. The summed E-state index contributed by atoms with van der Waals surface area (Å²) in [6.07, 6.45) is 7.84. The number of piperidine rings is 1. The summed E-state index contributed by atoms with van der Waals surface area (Å²) in [5.74, 6) is 3.49. The van der Waals surface area contributed by atoms with Crippen LogP contribution in [0.2, 0.25) is 0 Å². The van der Waals surface area contributed by atoms with E-state index in [0.717, 1.165) is 54.6 Å². The van der Waals surface area contributed by atoms with Crippen molar-refractivity contribution >= 4 is 16.9 Å². The maximum absolute atomic E-state index is 5.88. The fraction of sp³-hybridized carbons (Fsp3) is 0.562. The van der Waals surface area contributed by atoms with Gasteiger partial charge in [0.15, 0.2) is 5.65 Å². The number of rotatable bonds is 3. The molecule has 0 aromatic carbocycles. The van der Waals surface area contributed by atoms with Gasteiger partial charge in [0, 0.05) is 32.0 Å². The first-order chi connectivity index (χ1) is 11.8. The van der Waals surface area contributed by atoms with E-state index in [2.05, 4.69) is 30.2 Å². The minimum Gasteiger partial charge on any atom is -0.425 e. The van der Waals surface area contributed by atoms with E-state index in [1.807, 2.05) is 13.2 Å². The Labute approximate surface area is 138 Å². The summed E-state index contributed by atoms with van der Waals surface area (Å²) in [5.41, 5.74) is 0.869. The van der Waals surface area contributed by atoms with Gasteiger partial charge in [-0.25, -0.2) is 9.97 Å². The first-order valence-corrected chi connectivity index (χ1v) is 8.50. The molecule has 0 amide bonds. The molecule has 1 aliphatic carbocycles. The minimum absolute atomic E-state index is 0.354. The second-order valence-corrected chi connectivity index (χ2v) is 6.72. The standard InChI is InChI=1S/C16H19N7O/c1-22-13-12(8-19-22)14(18-9-17-13)23-6-4-11(5-7-23)16-21-20-15(24-16)10-2-3-10/h8-11H,2-7H2,1H3. The molecule has 5 rings (SSSR count). The van der Waals surface area contributed by atoms with Crippen molar-refractivity contribution in [3.8, 4) is 0 Å². The fourth-order valence-corrected chi connectivity index (χ4v) is 3.45. The largest absolute Gasteiger partial charge is 0.425 e. The Morgan fingerprint density at radius 1 is 1.00 bits per heavy atom. The third-order valence-corrected chi connectivity index (χ3v) is 5.03. The van der Waals surface area contributed by atoms with Crippen LogP contribution in [0.15, 0.2) is 16.9 Å². The number of aromatic nitrogens is 6. The van der Waals surface area contributed by atoms with Crippen LogP contribution >= 0.6 is 0 Å². The van der Waals surface area contributed by atoms with Gasteiger partial charge in [-0.05, 0) is 25.7 Å². The summed E-state index contributed by atoms with van der Waals surface area (Å²) in [6.45, 7) is 1.85. The van der Waals surface area contributed by atoms with Crippen molar-refractivity contribution in [2.24, 2.45) is 7.05 Å². The SMILES string of the molecule is Cn1ncc2c(N3CCC(c4nnc(C5CC5)o4)CC3)ncnc21. The van der Waals surface area contributed by atoms with Crippen molar-refractivity contribution in [1.82, 2.24) is 29.9 Å². The van der Waals surface area contributed by atoms with E-state index in [0.29, 0.717) is 11.8 Å². The van der Waals surface area contributed by atoms with Gasteiger partial charge in [-0.3, -0.25) is 4.68 Å². The van der Waals surface area contributed by atoms with E-state index in [4.69, 9.17) is 4.42 Å². The molecule has 24 heavy (non-hydrogen) atoms. The van der Waals surface area contributed by atoms with E-state index < -0.39 is 0 Å². The molecule has 0 atom stereocenters. The van der Waals surface area contributed by atoms with E-state index in [9.17, 15) is 0 Å². The van der Waals surface area contributed by atoms with Crippen LogP contribution in [0.3, 0.4) is 0 Å². The summed E-state index contributed by atoms with van der Waals surface area (Å²) >= 11 is 0. The lowest BCUT2D eigenvalue weighted by Crippen LogP contribution is -2.33. The van der Waals surface area contributed by atoms with Crippen LogP contribution in [0.5, 0.6) is 0 Å². The fourth-order valence-electron chi connectivity index (χ4n) is 3.45. The third-order valence-electron chi connectivity index (χ3n) is 5.03. The van der Waals surface area contributed by atoms with Crippen LogP contribution in [0.4, 0.5) is 5.82 Å². The molecular weight excluding hydrogens is 306 g/mol. The van der Waals surface area contributed by atoms with Crippen molar-refractivity contribution in [2.75, 3.05) is 18.0 Å². The predicted octanol–water partition coefficient (Wildman–Crippen LogP) is 2.01.